The molecule has 0 aromatic heterocycles. The van der Waals surface area contributed by atoms with Crippen molar-refractivity contribution in [1.29, 1.82) is 0 Å². The van der Waals surface area contributed by atoms with Crippen molar-refractivity contribution in [3.8, 4) is 0 Å². The van der Waals surface area contributed by atoms with Crippen LogP contribution in [0.2, 0.25) is 0 Å². The predicted octanol–water partition coefficient (Wildman–Crippen LogP) is 3.31. The van der Waals surface area contributed by atoms with E-state index in [1.165, 1.54) is 37.9 Å². The minimum atomic E-state index is -0.794. The van der Waals surface area contributed by atoms with E-state index >= 15 is 0 Å². The molecule has 1 aromatic carbocycles. The number of rotatable bonds is 5. The summed E-state index contributed by atoms with van der Waals surface area (Å²) in [6.07, 6.45) is 7.52. The van der Waals surface area contributed by atoms with Crippen molar-refractivity contribution in [2.45, 2.75) is 63.5 Å². The van der Waals surface area contributed by atoms with Gasteiger partial charge >= 0.3 is 0 Å². The van der Waals surface area contributed by atoms with Crippen LogP contribution in [0.25, 0.3) is 0 Å². The zero-order valence-corrected chi connectivity index (χ0v) is 13.9. The van der Waals surface area contributed by atoms with Crippen LogP contribution < -0.4 is 5.32 Å². The molecule has 23 heavy (non-hydrogen) atoms. The van der Waals surface area contributed by atoms with Crippen LogP contribution in [-0.2, 0) is 11.3 Å². The standard InChI is InChI=1S/C19H28N2O2/c22-18(14-19(23)10-2-1-3-11-19)20-17-8-6-16(7-9-17)15-21-12-4-5-13-21/h6-9,23H,1-5,10-15H2,(H,20,22). The lowest BCUT2D eigenvalue weighted by Gasteiger charge is -2.31. The van der Waals surface area contributed by atoms with Crippen LogP contribution in [0.5, 0.6) is 0 Å². The first-order valence-corrected chi connectivity index (χ1v) is 8.97. The van der Waals surface area contributed by atoms with E-state index in [-0.39, 0.29) is 12.3 Å². The van der Waals surface area contributed by atoms with Gasteiger partial charge in [0.15, 0.2) is 0 Å². The Morgan fingerprint density at radius 1 is 1.04 bits per heavy atom. The lowest BCUT2D eigenvalue weighted by molar-refractivity contribution is -0.122. The molecule has 0 bridgehead atoms. The van der Waals surface area contributed by atoms with E-state index in [2.05, 4.69) is 22.3 Å². The first kappa shape index (κ1) is 16.5. The zero-order chi connectivity index (χ0) is 16.1. The highest BCUT2D eigenvalue weighted by atomic mass is 16.3. The molecule has 1 aliphatic heterocycles. The van der Waals surface area contributed by atoms with Gasteiger partial charge in [0.05, 0.1) is 12.0 Å². The molecule has 4 heteroatoms. The predicted molar refractivity (Wildman–Crippen MR) is 92.2 cm³/mol. The fourth-order valence-corrected chi connectivity index (χ4v) is 3.78. The van der Waals surface area contributed by atoms with Gasteiger partial charge in [-0.2, -0.15) is 0 Å². The third kappa shape index (κ3) is 4.79. The topological polar surface area (TPSA) is 52.6 Å². The second kappa shape index (κ2) is 7.45. The van der Waals surface area contributed by atoms with Gasteiger partial charge in [0.1, 0.15) is 0 Å². The molecule has 2 N–H and O–H groups in total. The molecule has 1 saturated heterocycles. The van der Waals surface area contributed by atoms with Crippen molar-refractivity contribution >= 4 is 11.6 Å². The molecular formula is C19H28N2O2. The van der Waals surface area contributed by atoms with Crippen LogP contribution in [0, 0.1) is 0 Å². The van der Waals surface area contributed by atoms with E-state index < -0.39 is 5.60 Å². The van der Waals surface area contributed by atoms with Gasteiger partial charge in [-0.1, -0.05) is 31.4 Å². The van der Waals surface area contributed by atoms with Gasteiger partial charge in [-0.3, -0.25) is 9.69 Å². The van der Waals surface area contributed by atoms with Crippen molar-refractivity contribution in [1.82, 2.24) is 4.90 Å². The fraction of sp³-hybridized carbons (Fsp3) is 0.632. The first-order valence-electron chi connectivity index (χ1n) is 8.97. The Hall–Kier alpha value is -1.39. The molecule has 2 aliphatic rings. The molecule has 0 unspecified atom stereocenters. The number of anilines is 1. The van der Waals surface area contributed by atoms with Crippen molar-refractivity contribution < 1.29 is 9.90 Å². The second-order valence-corrected chi connectivity index (χ2v) is 7.19. The second-order valence-electron chi connectivity index (χ2n) is 7.19. The Labute approximate surface area is 138 Å². The molecule has 1 saturated carbocycles. The Bertz CT molecular complexity index is 515. The van der Waals surface area contributed by atoms with E-state index in [0.29, 0.717) is 0 Å². The van der Waals surface area contributed by atoms with Gasteiger partial charge in [0.25, 0.3) is 0 Å². The number of likely N-dealkylation sites (tertiary alicyclic amines) is 1. The van der Waals surface area contributed by atoms with Gasteiger partial charge in [0.2, 0.25) is 5.91 Å². The number of carbonyl (C=O) groups is 1. The summed E-state index contributed by atoms with van der Waals surface area (Å²) in [4.78, 5) is 14.6. The molecule has 1 heterocycles. The maximum atomic E-state index is 12.2. The van der Waals surface area contributed by atoms with Crippen molar-refractivity contribution in [3.05, 3.63) is 29.8 Å². The smallest absolute Gasteiger partial charge is 0.227 e. The number of hydrogen-bond acceptors (Lipinski definition) is 3. The average Bonchev–Trinajstić information content (AvgIpc) is 3.02. The summed E-state index contributed by atoms with van der Waals surface area (Å²) in [5, 5.41) is 13.4. The summed E-state index contributed by atoms with van der Waals surface area (Å²) < 4.78 is 0. The van der Waals surface area contributed by atoms with E-state index in [1.807, 2.05) is 12.1 Å². The summed E-state index contributed by atoms with van der Waals surface area (Å²) in [6, 6.07) is 8.11. The van der Waals surface area contributed by atoms with Crippen LogP contribution in [-0.4, -0.2) is 34.6 Å². The highest BCUT2D eigenvalue weighted by Gasteiger charge is 2.31. The average molecular weight is 316 g/mol. The van der Waals surface area contributed by atoms with Crippen molar-refractivity contribution in [2.75, 3.05) is 18.4 Å². The van der Waals surface area contributed by atoms with Crippen LogP contribution in [0.4, 0.5) is 5.69 Å². The molecule has 4 nitrogen and oxygen atoms in total. The fourth-order valence-electron chi connectivity index (χ4n) is 3.78. The highest BCUT2D eigenvalue weighted by Crippen LogP contribution is 2.31. The molecule has 1 amide bonds. The molecule has 0 radical (unpaired) electrons. The third-order valence-electron chi connectivity index (χ3n) is 5.12. The Morgan fingerprint density at radius 3 is 2.35 bits per heavy atom. The normalized spacial score (nSPS) is 21.3. The number of amides is 1. The monoisotopic (exact) mass is 316 g/mol. The Kier molecular flexibility index (Phi) is 5.34. The van der Waals surface area contributed by atoms with Crippen LogP contribution in [0.3, 0.4) is 0 Å². The lowest BCUT2D eigenvalue weighted by atomic mass is 9.82. The number of nitrogens with one attached hydrogen (secondary N) is 1. The Balaban J connectivity index is 1.50. The minimum absolute atomic E-state index is 0.0818. The van der Waals surface area contributed by atoms with Crippen LogP contribution in [0.1, 0.15) is 56.9 Å². The quantitative estimate of drug-likeness (QED) is 0.876. The SMILES string of the molecule is O=C(CC1(O)CCCCC1)Nc1ccc(CN2CCCC2)cc1. The van der Waals surface area contributed by atoms with Crippen molar-refractivity contribution in [2.24, 2.45) is 0 Å². The molecule has 1 aliphatic carbocycles. The summed E-state index contributed by atoms with van der Waals surface area (Å²) in [5.74, 6) is -0.0818. The molecule has 0 atom stereocenters. The lowest BCUT2D eigenvalue weighted by Crippen LogP contribution is -2.35. The summed E-state index contributed by atoms with van der Waals surface area (Å²) >= 11 is 0. The summed E-state index contributed by atoms with van der Waals surface area (Å²) in [7, 11) is 0. The van der Waals surface area contributed by atoms with Crippen molar-refractivity contribution in [3.63, 3.8) is 0 Å². The number of benzene rings is 1. The highest BCUT2D eigenvalue weighted by molar-refractivity contribution is 5.91. The molecular weight excluding hydrogens is 288 g/mol. The number of hydrogen-bond donors (Lipinski definition) is 2. The third-order valence-corrected chi connectivity index (χ3v) is 5.12. The summed E-state index contributed by atoms with van der Waals surface area (Å²) in [5.41, 5.74) is 1.31. The van der Waals surface area contributed by atoms with Gasteiger partial charge in [-0.05, 0) is 56.5 Å². The molecule has 1 aromatic rings. The van der Waals surface area contributed by atoms with E-state index in [1.54, 1.807) is 0 Å². The van der Waals surface area contributed by atoms with Gasteiger partial charge in [-0.25, -0.2) is 0 Å². The minimum Gasteiger partial charge on any atom is -0.389 e. The summed E-state index contributed by atoms with van der Waals surface area (Å²) in [6.45, 7) is 3.38. The number of nitrogens with zero attached hydrogens (tertiary/aromatic N) is 1. The van der Waals surface area contributed by atoms with Gasteiger partial charge in [-0.15, -0.1) is 0 Å². The molecule has 126 valence electrons. The van der Waals surface area contributed by atoms with E-state index in [0.717, 1.165) is 37.9 Å². The number of carbonyl (C=O) groups excluding carboxylic acids is 1. The van der Waals surface area contributed by atoms with E-state index in [4.69, 9.17) is 0 Å². The zero-order valence-electron chi connectivity index (χ0n) is 13.9. The molecule has 0 spiro atoms. The van der Waals surface area contributed by atoms with E-state index in [9.17, 15) is 9.90 Å². The first-order chi connectivity index (χ1) is 11.1. The maximum Gasteiger partial charge on any atom is 0.227 e. The van der Waals surface area contributed by atoms with Crippen LogP contribution in [0.15, 0.2) is 24.3 Å². The Morgan fingerprint density at radius 2 is 1.70 bits per heavy atom. The molecule has 2 fully saturated rings. The number of aliphatic hydroxyl groups is 1. The van der Waals surface area contributed by atoms with Crippen LogP contribution >= 0.6 is 0 Å². The van der Waals surface area contributed by atoms with Gasteiger partial charge in [0, 0.05) is 12.2 Å². The van der Waals surface area contributed by atoms with Gasteiger partial charge < -0.3 is 10.4 Å². The molecule has 3 rings (SSSR count). The maximum absolute atomic E-state index is 12.2. The largest absolute Gasteiger partial charge is 0.389 e.